The molecule has 2 heterocycles. The van der Waals surface area contributed by atoms with Crippen LogP contribution in [0.1, 0.15) is 48.5 Å². The molecule has 0 unspecified atom stereocenters. The van der Waals surface area contributed by atoms with E-state index < -0.39 is 0 Å². The van der Waals surface area contributed by atoms with Gasteiger partial charge >= 0.3 is 0 Å². The fourth-order valence-electron chi connectivity index (χ4n) is 3.32. The summed E-state index contributed by atoms with van der Waals surface area (Å²) < 4.78 is 0. The third kappa shape index (κ3) is 2.33. The second kappa shape index (κ2) is 5.51. The minimum Gasteiger partial charge on any atom is -0.327 e. The molecule has 1 atom stereocenters. The lowest BCUT2D eigenvalue weighted by Crippen LogP contribution is -2.45. The molecule has 0 bridgehead atoms. The maximum absolute atomic E-state index is 12.9. The topological polar surface area (TPSA) is 40.6 Å². The zero-order valence-electron chi connectivity index (χ0n) is 12.8. The third-order valence-electron chi connectivity index (χ3n) is 4.47. The van der Waals surface area contributed by atoms with Crippen molar-refractivity contribution in [2.24, 2.45) is 0 Å². The third-order valence-corrected chi connectivity index (χ3v) is 4.47. The van der Waals surface area contributed by atoms with Crippen LogP contribution in [0.5, 0.6) is 0 Å². The first-order chi connectivity index (χ1) is 10.1. The van der Waals surface area contributed by atoms with E-state index in [0.717, 1.165) is 36.9 Å². The van der Waals surface area contributed by atoms with Gasteiger partial charge in [0.15, 0.2) is 0 Å². The average Bonchev–Trinajstić information content (AvgIpc) is 2.94. The molecule has 4 heteroatoms. The first kappa shape index (κ1) is 14.1. The van der Waals surface area contributed by atoms with E-state index >= 15 is 0 Å². The Hall–Kier alpha value is -1.84. The molecule has 3 rings (SSSR count). The number of anilines is 1. The van der Waals surface area contributed by atoms with Crippen LogP contribution in [-0.2, 0) is 4.79 Å². The molecule has 2 aliphatic rings. The van der Waals surface area contributed by atoms with Crippen molar-refractivity contribution in [3.63, 3.8) is 0 Å². The summed E-state index contributed by atoms with van der Waals surface area (Å²) in [5.74, 6) is 0.112. The van der Waals surface area contributed by atoms with Crippen molar-refractivity contribution in [1.29, 1.82) is 0 Å². The molecule has 2 amide bonds. The number of nitrogens with zero attached hydrogens (tertiary/aromatic N) is 2. The Labute approximate surface area is 125 Å². The maximum Gasteiger partial charge on any atom is 0.256 e. The van der Waals surface area contributed by atoms with Gasteiger partial charge in [0, 0.05) is 13.1 Å². The molecule has 0 saturated carbocycles. The number of rotatable bonds is 3. The van der Waals surface area contributed by atoms with Crippen molar-refractivity contribution in [2.75, 3.05) is 18.0 Å². The quantitative estimate of drug-likeness (QED) is 0.857. The van der Waals surface area contributed by atoms with Crippen molar-refractivity contribution in [3.05, 3.63) is 29.3 Å². The number of unbranched alkanes of at least 4 members (excludes halogenated alkanes) is 1. The highest BCUT2D eigenvalue weighted by Gasteiger charge is 2.41. The van der Waals surface area contributed by atoms with E-state index in [1.54, 1.807) is 4.90 Å². The SMILES string of the molecule is CCCCN1C(=O)[C@@H]2CCCN2C(=O)c2cc(C)ccc21. The highest BCUT2D eigenvalue weighted by molar-refractivity contribution is 6.11. The van der Waals surface area contributed by atoms with Gasteiger partial charge in [-0.15, -0.1) is 0 Å². The minimum atomic E-state index is -0.262. The van der Waals surface area contributed by atoms with E-state index in [-0.39, 0.29) is 17.9 Å². The van der Waals surface area contributed by atoms with Crippen LogP contribution in [0.3, 0.4) is 0 Å². The molecule has 1 fully saturated rings. The Kier molecular flexibility index (Phi) is 3.70. The normalized spacial score (nSPS) is 21.3. The summed E-state index contributed by atoms with van der Waals surface area (Å²) in [5.41, 5.74) is 2.53. The predicted molar refractivity (Wildman–Crippen MR) is 82.5 cm³/mol. The molecule has 0 aliphatic carbocycles. The number of amides is 2. The van der Waals surface area contributed by atoms with Crippen LogP contribution < -0.4 is 4.90 Å². The summed E-state index contributed by atoms with van der Waals surface area (Å²) in [5, 5.41) is 0. The predicted octanol–water partition coefficient (Wildman–Crippen LogP) is 2.75. The van der Waals surface area contributed by atoms with Crippen LogP contribution in [0.2, 0.25) is 0 Å². The van der Waals surface area contributed by atoms with Gasteiger partial charge in [-0.25, -0.2) is 0 Å². The molecule has 4 nitrogen and oxygen atoms in total. The Bertz CT molecular complexity index is 582. The van der Waals surface area contributed by atoms with Gasteiger partial charge in [-0.2, -0.15) is 0 Å². The van der Waals surface area contributed by atoms with E-state index in [4.69, 9.17) is 0 Å². The molecule has 1 aromatic rings. The van der Waals surface area contributed by atoms with Crippen LogP contribution in [0.15, 0.2) is 18.2 Å². The summed E-state index contributed by atoms with van der Waals surface area (Å²) in [4.78, 5) is 29.3. The van der Waals surface area contributed by atoms with E-state index in [2.05, 4.69) is 6.92 Å². The van der Waals surface area contributed by atoms with Gasteiger partial charge in [0.25, 0.3) is 5.91 Å². The maximum atomic E-state index is 12.9. The van der Waals surface area contributed by atoms with Crippen molar-refractivity contribution in [3.8, 4) is 0 Å². The lowest BCUT2D eigenvalue weighted by atomic mass is 10.1. The molecule has 0 N–H and O–H groups in total. The standard InChI is InChI=1S/C17H22N2O2/c1-3-4-9-18-14-8-7-12(2)11-13(14)16(20)19-10-5-6-15(19)17(18)21/h7-8,11,15H,3-6,9-10H2,1-2H3/t15-/m0/s1. The van der Waals surface area contributed by atoms with Gasteiger partial charge < -0.3 is 9.80 Å². The van der Waals surface area contributed by atoms with Gasteiger partial charge in [-0.1, -0.05) is 25.0 Å². The Morgan fingerprint density at radius 3 is 2.86 bits per heavy atom. The van der Waals surface area contributed by atoms with Gasteiger partial charge in [0.2, 0.25) is 5.91 Å². The zero-order valence-corrected chi connectivity index (χ0v) is 12.8. The smallest absolute Gasteiger partial charge is 0.256 e. The minimum absolute atomic E-state index is 0.0172. The lowest BCUT2D eigenvalue weighted by molar-refractivity contribution is -0.122. The van der Waals surface area contributed by atoms with Crippen molar-refractivity contribution in [1.82, 2.24) is 4.90 Å². The average molecular weight is 286 g/mol. The highest BCUT2D eigenvalue weighted by atomic mass is 16.2. The molecule has 1 aromatic carbocycles. The molecular formula is C17H22N2O2. The highest BCUT2D eigenvalue weighted by Crippen LogP contribution is 2.33. The monoisotopic (exact) mass is 286 g/mol. The number of carbonyl (C=O) groups excluding carboxylic acids is 2. The second-order valence-corrected chi connectivity index (χ2v) is 6.02. The molecular weight excluding hydrogens is 264 g/mol. The first-order valence-corrected chi connectivity index (χ1v) is 7.86. The van der Waals surface area contributed by atoms with E-state index in [1.165, 1.54) is 0 Å². The number of aryl methyl sites for hydroxylation is 1. The molecule has 21 heavy (non-hydrogen) atoms. The Morgan fingerprint density at radius 1 is 1.29 bits per heavy atom. The van der Waals surface area contributed by atoms with Crippen molar-refractivity contribution in [2.45, 2.75) is 45.6 Å². The lowest BCUT2D eigenvalue weighted by Gasteiger charge is -2.25. The summed E-state index contributed by atoms with van der Waals surface area (Å²) in [6, 6.07) is 5.57. The van der Waals surface area contributed by atoms with E-state index in [9.17, 15) is 9.59 Å². The Morgan fingerprint density at radius 2 is 2.10 bits per heavy atom. The van der Waals surface area contributed by atoms with Gasteiger partial charge in [-0.3, -0.25) is 9.59 Å². The largest absolute Gasteiger partial charge is 0.327 e. The number of benzene rings is 1. The molecule has 112 valence electrons. The number of hydrogen-bond donors (Lipinski definition) is 0. The van der Waals surface area contributed by atoms with Gasteiger partial charge in [-0.05, 0) is 38.3 Å². The van der Waals surface area contributed by atoms with Gasteiger partial charge in [0.1, 0.15) is 6.04 Å². The summed E-state index contributed by atoms with van der Waals surface area (Å²) in [6.45, 7) is 5.50. The fraction of sp³-hybridized carbons (Fsp3) is 0.529. The van der Waals surface area contributed by atoms with Crippen LogP contribution >= 0.6 is 0 Å². The summed E-state index contributed by atoms with van der Waals surface area (Å²) in [6.07, 6.45) is 3.71. The Balaban J connectivity index is 2.09. The molecule has 0 aromatic heterocycles. The molecule has 1 saturated heterocycles. The van der Waals surface area contributed by atoms with Gasteiger partial charge in [0.05, 0.1) is 11.3 Å². The molecule has 2 aliphatic heterocycles. The zero-order chi connectivity index (χ0) is 15.0. The van der Waals surface area contributed by atoms with E-state index in [0.29, 0.717) is 18.7 Å². The molecule has 0 spiro atoms. The number of hydrogen-bond acceptors (Lipinski definition) is 2. The fourth-order valence-corrected chi connectivity index (χ4v) is 3.32. The summed E-state index contributed by atoms with van der Waals surface area (Å²) >= 11 is 0. The summed E-state index contributed by atoms with van der Waals surface area (Å²) in [7, 11) is 0. The van der Waals surface area contributed by atoms with Crippen molar-refractivity contribution < 1.29 is 9.59 Å². The molecule has 0 radical (unpaired) electrons. The number of carbonyl (C=O) groups is 2. The van der Waals surface area contributed by atoms with E-state index in [1.807, 2.05) is 30.0 Å². The van der Waals surface area contributed by atoms with Crippen LogP contribution in [0, 0.1) is 6.92 Å². The first-order valence-electron chi connectivity index (χ1n) is 7.86. The van der Waals surface area contributed by atoms with Crippen molar-refractivity contribution >= 4 is 17.5 Å². The van der Waals surface area contributed by atoms with Crippen LogP contribution in [0.4, 0.5) is 5.69 Å². The number of fused-ring (bicyclic) bond motifs is 2. The second-order valence-electron chi connectivity index (χ2n) is 6.02. The van der Waals surface area contributed by atoms with Crippen LogP contribution in [-0.4, -0.2) is 35.8 Å². The van der Waals surface area contributed by atoms with Crippen LogP contribution in [0.25, 0.3) is 0 Å².